The lowest BCUT2D eigenvalue weighted by Gasteiger charge is -2.18. The van der Waals surface area contributed by atoms with E-state index in [1.165, 1.54) is 0 Å². The minimum Gasteiger partial charge on any atom is -0.493 e. The molecule has 1 aliphatic heterocycles. The highest BCUT2D eigenvalue weighted by molar-refractivity contribution is 7.99. The maximum Gasteiger partial charge on any atom is 0.257 e. The zero-order valence-electron chi connectivity index (χ0n) is 17.4. The Morgan fingerprint density at radius 2 is 2.03 bits per heavy atom. The first-order valence-corrected chi connectivity index (χ1v) is 11.3. The van der Waals surface area contributed by atoms with E-state index < -0.39 is 0 Å². The van der Waals surface area contributed by atoms with E-state index in [-0.39, 0.29) is 17.5 Å². The number of carbonyl (C=O) groups excluding carboxylic acids is 1. The molecule has 2 aromatic rings. The van der Waals surface area contributed by atoms with Crippen LogP contribution in [-0.2, 0) is 24.1 Å². The Bertz CT molecular complexity index is 1000. The van der Waals surface area contributed by atoms with Gasteiger partial charge < -0.3 is 14.8 Å². The second kappa shape index (κ2) is 9.12. The van der Waals surface area contributed by atoms with Crippen molar-refractivity contribution in [3.63, 3.8) is 0 Å². The quantitative estimate of drug-likeness (QED) is 0.681. The summed E-state index contributed by atoms with van der Waals surface area (Å²) in [5.41, 5.74) is 2.93. The lowest BCUT2D eigenvalue weighted by Crippen LogP contribution is -2.34. The molecule has 8 heteroatoms. The van der Waals surface area contributed by atoms with Gasteiger partial charge in [0.2, 0.25) is 5.91 Å². The van der Waals surface area contributed by atoms with Crippen LogP contribution in [0.5, 0.6) is 11.5 Å². The van der Waals surface area contributed by atoms with Gasteiger partial charge in [0, 0.05) is 24.3 Å². The van der Waals surface area contributed by atoms with Crippen LogP contribution in [0.4, 0.5) is 0 Å². The Morgan fingerprint density at radius 3 is 2.83 bits per heavy atom. The van der Waals surface area contributed by atoms with Crippen molar-refractivity contribution in [1.29, 1.82) is 0 Å². The molecular formula is C22H27N3O4S. The zero-order valence-corrected chi connectivity index (χ0v) is 18.2. The smallest absolute Gasteiger partial charge is 0.257 e. The number of nitrogens with zero attached hydrogens (tertiary/aromatic N) is 2. The number of thioether (sulfide) groups is 1. The van der Waals surface area contributed by atoms with Gasteiger partial charge >= 0.3 is 0 Å². The van der Waals surface area contributed by atoms with Crippen LogP contribution in [0, 0.1) is 0 Å². The van der Waals surface area contributed by atoms with Gasteiger partial charge in [-0.2, -0.15) is 0 Å². The van der Waals surface area contributed by atoms with Crippen LogP contribution in [0.3, 0.4) is 0 Å². The van der Waals surface area contributed by atoms with Crippen LogP contribution in [0.15, 0.2) is 28.2 Å². The Morgan fingerprint density at radius 1 is 1.23 bits per heavy atom. The van der Waals surface area contributed by atoms with Crippen molar-refractivity contribution < 1.29 is 14.3 Å². The van der Waals surface area contributed by atoms with E-state index in [9.17, 15) is 9.59 Å². The summed E-state index contributed by atoms with van der Waals surface area (Å²) in [6.07, 6.45) is 4.82. The molecule has 0 saturated heterocycles. The Balaban J connectivity index is 1.36. The molecule has 0 unspecified atom stereocenters. The minimum absolute atomic E-state index is 0.0430. The number of rotatable bonds is 7. The van der Waals surface area contributed by atoms with Gasteiger partial charge in [-0.25, -0.2) is 4.98 Å². The topological polar surface area (TPSA) is 82.5 Å². The summed E-state index contributed by atoms with van der Waals surface area (Å²) in [5, 5.41) is 3.75. The van der Waals surface area contributed by atoms with Gasteiger partial charge in [-0.15, -0.1) is 0 Å². The fraction of sp³-hybridized carbons (Fsp3) is 0.500. The van der Waals surface area contributed by atoms with Crippen molar-refractivity contribution in [3.8, 4) is 11.5 Å². The number of amides is 1. The summed E-state index contributed by atoms with van der Waals surface area (Å²) in [7, 11) is 3.21. The molecule has 0 radical (unpaired) electrons. The summed E-state index contributed by atoms with van der Waals surface area (Å²) in [5.74, 6) is 2.03. The molecule has 2 aliphatic rings. The van der Waals surface area contributed by atoms with Crippen molar-refractivity contribution >= 4 is 17.7 Å². The first-order chi connectivity index (χ1) is 14.6. The predicted octanol–water partition coefficient (Wildman–Crippen LogP) is 2.54. The zero-order chi connectivity index (χ0) is 21.1. The first-order valence-electron chi connectivity index (χ1n) is 10.4. The first kappa shape index (κ1) is 20.8. The van der Waals surface area contributed by atoms with E-state index in [1.54, 1.807) is 30.5 Å². The predicted molar refractivity (Wildman–Crippen MR) is 116 cm³/mol. The number of aromatic nitrogens is 2. The molecule has 4 rings (SSSR count). The number of aryl methyl sites for hydroxylation is 1. The number of ether oxygens (including phenoxy) is 2. The molecule has 1 aliphatic carbocycles. The number of hydrogen-bond acceptors (Lipinski definition) is 6. The van der Waals surface area contributed by atoms with Gasteiger partial charge in [0.05, 0.1) is 26.0 Å². The highest BCUT2D eigenvalue weighted by atomic mass is 32.2. The normalized spacial score (nSPS) is 17.2. The highest BCUT2D eigenvalue weighted by Gasteiger charge is 2.30. The molecular weight excluding hydrogens is 402 g/mol. The Kier molecular flexibility index (Phi) is 6.32. The number of methoxy groups -OCH3 is 2. The van der Waals surface area contributed by atoms with E-state index in [0.29, 0.717) is 36.6 Å². The SMILES string of the molecule is COc1ccc(CCNC(=O)C[C@@H]2CSc3nc4c(c(=O)n32)CCCC4)cc1OC. The van der Waals surface area contributed by atoms with E-state index in [0.717, 1.165) is 47.7 Å². The molecule has 2 heterocycles. The summed E-state index contributed by atoms with van der Waals surface area (Å²) in [6.45, 7) is 0.526. The van der Waals surface area contributed by atoms with Crippen molar-refractivity contribution in [2.45, 2.75) is 49.7 Å². The maximum absolute atomic E-state index is 13.0. The maximum atomic E-state index is 13.0. The van der Waals surface area contributed by atoms with Crippen LogP contribution < -0.4 is 20.3 Å². The number of nitrogens with one attached hydrogen (secondary N) is 1. The molecule has 0 fully saturated rings. The van der Waals surface area contributed by atoms with Crippen molar-refractivity contribution in [2.75, 3.05) is 26.5 Å². The molecule has 1 atom stereocenters. The number of hydrogen-bond donors (Lipinski definition) is 1. The summed E-state index contributed by atoms with van der Waals surface area (Å²) in [4.78, 5) is 30.2. The molecule has 160 valence electrons. The third-order valence-electron chi connectivity index (χ3n) is 5.73. The second-order valence-electron chi connectivity index (χ2n) is 7.66. The van der Waals surface area contributed by atoms with Crippen LogP contribution in [0.2, 0.25) is 0 Å². The van der Waals surface area contributed by atoms with Gasteiger partial charge in [-0.3, -0.25) is 14.2 Å². The standard InChI is InChI=1S/C22H27N3O4S/c1-28-18-8-7-14(11-19(18)29-2)9-10-23-20(26)12-15-13-30-22-24-17-6-4-3-5-16(17)21(27)25(15)22/h7-8,11,15H,3-6,9-10,12-13H2,1-2H3,(H,23,26)/t15-/m1/s1. The largest absolute Gasteiger partial charge is 0.493 e. The molecule has 1 amide bonds. The van der Waals surface area contributed by atoms with Crippen LogP contribution in [0.25, 0.3) is 0 Å². The lowest BCUT2D eigenvalue weighted by molar-refractivity contribution is -0.121. The fourth-order valence-electron chi connectivity index (χ4n) is 4.13. The molecule has 7 nitrogen and oxygen atoms in total. The van der Waals surface area contributed by atoms with Gasteiger partial charge in [-0.05, 0) is 49.8 Å². The summed E-state index contributed by atoms with van der Waals surface area (Å²) < 4.78 is 12.3. The number of benzene rings is 1. The Hall–Kier alpha value is -2.48. The third kappa shape index (κ3) is 4.19. The second-order valence-corrected chi connectivity index (χ2v) is 8.65. The molecule has 1 aromatic heterocycles. The minimum atomic E-state index is -0.127. The van der Waals surface area contributed by atoms with Gasteiger partial charge in [0.25, 0.3) is 5.56 Å². The van der Waals surface area contributed by atoms with Crippen molar-refractivity contribution in [2.24, 2.45) is 0 Å². The van der Waals surface area contributed by atoms with Crippen molar-refractivity contribution in [1.82, 2.24) is 14.9 Å². The third-order valence-corrected chi connectivity index (χ3v) is 6.82. The molecule has 30 heavy (non-hydrogen) atoms. The molecule has 0 saturated carbocycles. The monoisotopic (exact) mass is 429 g/mol. The van der Waals surface area contributed by atoms with Crippen LogP contribution in [-0.4, -0.2) is 42.0 Å². The van der Waals surface area contributed by atoms with E-state index in [4.69, 9.17) is 14.5 Å². The van der Waals surface area contributed by atoms with Crippen molar-refractivity contribution in [3.05, 3.63) is 45.4 Å². The van der Waals surface area contributed by atoms with Gasteiger partial charge in [0.1, 0.15) is 0 Å². The molecule has 1 aromatic carbocycles. The highest BCUT2D eigenvalue weighted by Crippen LogP contribution is 2.33. The number of fused-ring (bicyclic) bond motifs is 2. The number of carbonyl (C=O) groups is 1. The van der Waals surface area contributed by atoms with E-state index in [1.807, 2.05) is 18.2 Å². The average Bonchev–Trinajstić information content (AvgIpc) is 3.16. The Labute approximate surface area is 180 Å². The summed E-state index contributed by atoms with van der Waals surface area (Å²) in [6, 6.07) is 5.62. The van der Waals surface area contributed by atoms with Crippen LogP contribution >= 0.6 is 11.8 Å². The van der Waals surface area contributed by atoms with E-state index >= 15 is 0 Å². The average molecular weight is 430 g/mol. The van der Waals surface area contributed by atoms with Gasteiger partial charge in [0.15, 0.2) is 16.7 Å². The van der Waals surface area contributed by atoms with Crippen LogP contribution in [0.1, 0.15) is 42.1 Å². The fourth-order valence-corrected chi connectivity index (χ4v) is 5.29. The molecule has 0 bridgehead atoms. The lowest BCUT2D eigenvalue weighted by atomic mass is 9.97. The molecule has 1 N–H and O–H groups in total. The summed E-state index contributed by atoms with van der Waals surface area (Å²) >= 11 is 1.58. The van der Waals surface area contributed by atoms with E-state index in [2.05, 4.69) is 5.32 Å². The molecule has 0 spiro atoms. The van der Waals surface area contributed by atoms with Gasteiger partial charge in [-0.1, -0.05) is 17.8 Å².